The normalized spacial score (nSPS) is 10.3. The number of amides is 2. The molecule has 0 atom stereocenters. The van der Waals surface area contributed by atoms with Gasteiger partial charge in [-0.2, -0.15) is 0 Å². The van der Waals surface area contributed by atoms with E-state index in [-0.39, 0.29) is 18.4 Å². The Labute approximate surface area is 200 Å². The average Bonchev–Trinajstić information content (AvgIpc) is 2.87. The van der Waals surface area contributed by atoms with E-state index in [1.54, 1.807) is 36.4 Å². The minimum Gasteiger partial charge on any atom is -0.490 e. The minimum absolute atomic E-state index is 0.0912. The summed E-state index contributed by atoms with van der Waals surface area (Å²) >= 11 is 0. The Bertz CT molecular complexity index is 1040. The highest BCUT2D eigenvalue weighted by Gasteiger charge is 2.06. The van der Waals surface area contributed by atoms with Crippen molar-refractivity contribution in [3.05, 3.63) is 84.4 Å². The second-order valence-corrected chi connectivity index (χ2v) is 7.63. The van der Waals surface area contributed by atoms with Crippen LogP contribution in [0.4, 0.5) is 11.4 Å². The van der Waals surface area contributed by atoms with Crippen molar-refractivity contribution in [1.82, 2.24) is 5.32 Å². The lowest BCUT2D eigenvalue weighted by Gasteiger charge is -2.11. The summed E-state index contributed by atoms with van der Waals surface area (Å²) in [6, 6.07) is 23.8. The summed E-state index contributed by atoms with van der Waals surface area (Å²) in [4.78, 5) is 24.4. The molecule has 3 rings (SSSR count). The van der Waals surface area contributed by atoms with Crippen LogP contribution < -0.4 is 25.4 Å². The maximum Gasteiger partial charge on any atom is 0.251 e. The SMILES string of the molecule is CCCCNC(=O)c1ccc(NCC(=O)Nc2cccc(OCCOc3ccccc3)c2)cc1. The summed E-state index contributed by atoms with van der Waals surface area (Å²) < 4.78 is 11.3. The van der Waals surface area contributed by atoms with Gasteiger partial charge in [0.15, 0.2) is 0 Å². The molecule has 0 spiro atoms. The molecule has 178 valence electrons. The van der Waals surface area contributed by atoms with E-state index in [0.29, 0.717) is 36.8 Å². The molecule has 0 aliphatic rings. The first-order valence-electron chi connectivity index (χ1n) is 11.5. The summed E-state index contributed by atoms with van der Waals surface area (Å²) in [5, 5.41) is 8.80. The van der Waals surface area contributed by atoms with Gasteiger partial charge in [0.05, 0.1) is 6.54 Å². The highest BCUT2D eigenvalue weighted by atomic mass is 16.5. The van der Waals surface area contributed by atoms with Crippen molar-refractivity contribution in [2.24, 2.45) is 0 Å². The van der Waals surface area contributed by atoms with Crippen LogP contribution in [0.25, 0.3) is 0 Å². The average molecular weight is 462 g/mol. The van der Waals surface area contributed by atoms with Gasteiger partial charge < -0.3 is 25.4 Å². The molecule has 0 fully saturated rings. The van der Waals surface area contributed by atoms with Crippen molar-refractivity contribution >= 4 is 23.2 Å². The van der Waals surface area contributed by atoms with E-state index in [4.69, 9.17) is 9.47 Å². The summed E-state index contributed by atoms with van der Waals surface area (Å²) in [6.45, 7) is 3.66. The molecule has 2 amide bonds. The Hall–Kier alpha value is -4.00. The number of unbranched alkanes of at least 4 members (excludes halogenated alkanes) is 1. The van der Waals surface area contributed by atoms with Crippen LogP contribution in [-0.4, -0.2) is 38.1 Å². The highest BCUT2D eigenvalue weighted by molar-refractivity contribution is 5.95. The quantitative estimate of drug-likeness (QED) is 0.321. The van der Waals surface area contributed by atoms with Crippen LogP contribution in [0.2, 0.25) is 0 Å². The number of para-hydroxylation sites is 1. The van der Waals surface area contributed by atoms with Crippen LogP contribution in [0.15, 0.2) is 78.9 Å². The zero-order valence-electron chi connectivity index (χ0n) is 19.4. The predicted molar refractivity (Wildman–Crippen MR) is 135 cm³/mol. The Morgan fingerprint density at radius 3 is 2.24 bits per heavy atom. The van der Waals surface area contributed by atoms with E-state index < -0.39 is 0 Å². The molecular formula is C27H31N3O4. The van der Waals surface area contributed by atoms with Crippen LogP contribution in [0.1, 0.15) is 30.1 Å². The molecule has 3 aromatic carbocycles. The number of carbonyl (C=O) groups excluding carboxylic acids is 2. The highest BCUT2D eigenvalue weighted by Crippen LogP contribution is 2.18. The molecule has 0 heterocycles. The molecule has 0 aliphatic carbocycles. The molecule has 7 nitrogen and oxygen atoms in total. The molecule has 7 heteroatoms. The number of hydrogen-bond acceptors (Lipinski definition) is 5. The lowest BCUT2D eigenvalue weighted by atomic mass is 10.2. The van der Waals surface area contributed by atoms with Crippen LogP contribution in [0.3, 0.4) is 0 Å². The van der Waals surface area contributed by atoms with Crippen molar-refractivity contribution in [2.45, 2.75) is 19.8 Å². The Morgan fingerprint density at radius 2 is 1.50 bits per heavy atom. The third-order valence-electron chi connectivity index (χ3n) is 4.90. The number of carbonyl (C=O) groups is 2. The molecule has 0 radical (unpaired) electrons. The number of rotatable bonds is 13. The first-order valence-corrected chi connectivity index (χ1v) is 11.5. The van der Waals surface area contributed by atoms with Crippen molar-refractivity contribution < 1.29 is 19.1 Å². The zero-order chi connectivity index (χ0) is 24.0. The molecular weight excluding hydrogens is 430 g/mol. The second kappa shape index (κ2) is 13.5. The van der Waals surface area contributed by atoms with Crippen LogP contribution in [-0.2, 0) is 4.79 Å². The zero-order valence-corrected chi connectivity index (χ0v) is 19.4. The monoisotopic (exact) mass is 461 g/mol. The topological polar surface area (TPSA) is 88.7 Å². The van der Waals surface area contributed by atoms with E-state index in [9.17, 15) is 9.59 Å². The fraction of sp³-hybridized carbons (Fsp3) is 0.259. The molecule has 0 unspecified atom stereocenters. The molecule has 0 saturated carbocycles. The number of hydrogen-bond donors (Lipinski definition) is 3. The summed E-state index contributed by atoms with van der Waals surface area (Å²) in [5.41, 5.74) is 2.00. The maximum absolute atomic E-state index is 12.3. The second-order valence-electron chi connectivity index (χ2n) is 7.63. The summed E-state index contributed by atoms with van der Waals surface area (Å²) in [7, 11) is 0. The fourth-order valence-electron chi connectivity index (χ4n) is 3.11. The Balaban J connectivity index is 1.39. The molecule has 34 heavy (non-hydrogen) atoms. The van der Waals surface area contributed by atoms with Gasteiger partial charge in [-0.15, -0.1) is 0 Å². The fourth-order valence-corrected chi connectivity index (χ4v) is 3.11. The van der Waals surface area contributed by atoms with E-state index in [1.807, 2.05) is 42.5 Å². The lowest BCUT2D eigenvalue weighted by Crippen LogP contribution is -2.24. The van der Waals surface area contributed by atoms with Gasteiger partial charge in [-0.3, -0.25) is 9.59 Å². The molecule has 0 aromatic heterocycles. The van der Waals surface area contributed by atoms with Gasteiger partial charge in [-0.05, 0) is 55.0 Å². The van der Waals surface area contributed by atoms with Crippen molar-refractivity contribution in [2.75, 3.05) is 36.9 Å². The maximum atomic E-state index is 12.3. The first kappa shape index (κ1) is 24.6. The van der Waals surface area contributed by atoms with E-state index in [2.05, 4.69) is 22.9 Å². The molecule has 3 N–H and O–H groups in total. The largest absolute Gasteiger partial charge is 0.490 e. The van der Waals surface area contributed by atoms with Crippen molar-refractivity contribution in [3.8, 4) is 11.5 Å². The number of nitrogens with one attached hydrogen (secondary N) is 3. The van der Waals surface area contributed by atoms with E-state index in [0.717, 1.165) is 24.3 Å². The van der Waals surface area contributed by atoms with Crippen LogP contribution in [0.5, 0.6) is 11.5 Å². The van der Waals surface area contributed by atoms with Crippen molar-refractivity contribution in [1.29, 1.82) is 0 Å². The van der Waals surface area contributed by atoms with Gasteiger partial charge in [0.2, 0.25) is 5.91 Å². The van der Waals surface area contributed by atoms with Crippen molar-refractivity contribution in [3.63, 3.8) is 0 Å². The van der Waals surface area contributed by atoms with Crippen LogP contribution in [0, 0.1) is 0 Å². The number of ether oxygens (including phenoxy) is 2. The minimum atomic E-state index is -0.189. The smallest absolute Gasteiger partial charge is 0.251 e. The Morgan fingerprint density at radius 1 is 0.794 bits per heavy atom. The van der Waals surface area contributed by atoms with Crippen LogP contribution >= 0.6 is 0 Å². The van der Waals surface area contributed by atoms with Gasteiger partial charge >= 0.3 is 0 Å². The molecule has 3 aromatic rings. The Kier molecular flexibility index (Phi) is 9.80. The number of benzene rings is 3. The van der Waals surface area contributed by atoms with Gasteiger partial charge in [-0.25, -0.2) is 0 Å². The standard InChI is InChI=1S/C27H31N3O4/c1-2-3-16-28-27(32)21-12-14-22(15-13-21)29-20-26(31)30-23-8-7-11-25(19-23)34-18-17-33-24-9-5-4-6-10-24/h4-15,19,29H,2-3,16-18,20H2,1H3,(H,28,32)(H,30,31). The molecule has 0 aliphatic heterocycles. The lowest BCUT2D eigenvalue weighted by molar-refractivity contribution is -0.114. The first-order chi connectivity index (χ1) is 16.6. The molecule has 0 bridgehead atoms. The van der Waals surface area contributed by atoms with Gasteiger partial charge in [0.25, 0.3) is 5.91 Å². The predicted octanol–water partition coefficient (Wildman–Crippen LogP) is 4.72. The van der Waals surface area contributed by atoms with Gasteiger partial charge in [0.1, 0.15) is 24.7 Å². The summed E-state index contributed by atoms with van der Waals surface area (Å²) in [5.74, 6) is 1.16. The van der Waals surface area contributed by atoms with E-state index >= 15 is 0 Å². The van der Waals surface area contributed by atoms with E-state index in [1.165, 1.54) is 0 Å². The third-order valence-corrected chi connectivity index (χ3v) is 4.90. The summed E-state index contributed by atoms with van der Waals surface area (Å²) in [6.07, 6.45) is 1.99. The molecule has 0 saturated heterocycles. The van der Waals surface area contributed by atoms with Gasteiger partial charge in [0, 0.05) is 29.5 Å². The third kappa shape index (κ3) is 8.50. The van der Waals surface area contributed by atoms with Gasteiger partial charge in [-0.1, -0.05) is 37.6 Å². The number of anilines is 2.